The van der Waals surface area contributed by atoms with Crippen molar-refractivity contribution >= 4 is 23.2 Å². The number of nitrogens with two attached hydrogens (primary N) is 1. The summed E-state index contributed by atoms with van der Waals surface area (Å²) in [6.07, 6.45) is 0. The van der Waals surface area contributed by atoms with E-state index in [0.29, 0.717) is 18.9 Å². The van der Waals surface area contributed by atoms with Gasteiger partial charge in [0, 0.05) is 24.5 Å². The van der Waals surface area contributed by atoms with Gasteiger partial charge in [-0.25, -0.2) is 9.37 Å². The van der Waals surface area contributed by atoms with Gasteiger partial charge in [0.2, 0.25) is 11.8 Å². The molecule has 8 heteroatoms. The molecule has 1 amide bonds. The van der Waals surface area contributed by atoms with Gasteiger partial charge in [-0.05, 0) is 36.4 Å². The fraction of sp³-hybridized carbons (Fsp3) is 0.200. The average molecular weight is 382 g/mol. The third kappa shape index (κ3) is 3.67. The number of hydrogen-bond donors (Lipinski definition) is 2. The molecule has 28 heavy (non-hydrogen) atoms. The largest absolute Gasteiger partial charge is 0.419 e. The number of primary amides is 1. The highest BCUT2D eigenvalue weighted by atomic mass is 19.1. The van der Waals surface area contributed by atoms with Crippen molar-refractivity contribution in [2.45, 2.75) is 0 Å². The van der Waals surface area contributed by atoms with Gasteiger partial charge in [-0.15, -0.1) is 0 Å². The minimum atomic E-state index is -0.765. The van der Waals surface area contributed by atoms with Crippen LogP contribution in [0.4, 0.5) is 21.6 Å². The standard InChI is InChI=1S/C20H19FN4O3/c21-16-4-2-1-3-15(16)19-24-17(18(22)26)20(28-19)23-13-5-7-14(8-6-13)25-9-11-27-12-10-25/h1-8,23H,9-12H2,(H2,22,26). The molecule has 2 heterocycles. The first-order valence-electron chi connectivity index (χ1n) is 8.87. The summed E-state index contributed by atoms with van der Waals surface area (Å²) in [4.78, 5) is 18.0. The summed E-state index contributed by atoms with van der Waals surface area (Å²) in [6.45, 7) is 3.09. The van der Waals surface area contributed by atoms with E-state index in [9.17, 15) is 9.18 Å². The number of nitrogens with one attached hydrogen (secondary N) is 1. The molecule has 0 aliphatic carbocycles. The van der Waals surface area contributed by atoms with E-state index in [2.05, 4.69) is 15.2 Å². The van der Waals surface area contributed by atoms with Crippen molar-refractivity contribution in [3.8, 4) is 11.5 Å². The van der Waals surface area contributed by atoms with Crippen molar-refractivity contribution in [2.75, 3.05) is 36.5 Å². The van der Waals surface area contributed by atoms with Crippen LogP contribution in [0.3, 0.4) is 0 Å². The van der Waals surface area contributed by atoms with Crippen molar-refractivity contribution in [3.63, 3.8) is 0 Å². The molecular formula is C20H19FN4O3. The van der Waals surface area contributed by atoms with Gasteiger partial charge in [0.05, 0.1) is 18.8 Å². The second kappa shape index (κ2) is 7.69. The fourth-order valence-electron chi connectivity index (χ4n) is 3.03. The van der Waals surface area contributed by atoms with E-state index in [1.54, 1.807) is 12.1 Å². The second-order valence-electron chi connectivity index (χ2n) is 6.31. The third-order valence-corrected chi connectivity index (χ3v) is 4.47. The number of anilines is 3. The van der Waals surface area contributed by atoms with Crippen LogP contribution in [0.25, 0.3) is 11.5 Å². The number of rotatable bonds is 5. The van der Waals surface area contributed by atoms with Crippen molar-refractivity contribution in [2.24, 2.45) is 5.73 Å². The van der Waals surface area contributed by atoms with Crippen molar-refractivity contribution in [1.82, 2.24) is 4.98 Å². The van der Waals surface area contributed by atoms with E-state index in [1.807, 2.05) is 24.3 Å². The molecule has 1 aliphatic rings. The molecule has 1 aromatic heterocycles. The average Bonchev–Trinajstić information content (AvgIpc) is 3.13. The quantitative estimate of drug-likeness (QED) is 0.704. The maximum Gasteiger partial charge on any atom is 0.273 e. The number of nitrogens with zero attached hydrogens (tertiary/aromatic N) is 2. The van der Waals surface area contributed by atoms with Crippen LogP contribution in [-0.2, 0) is 4.74 Å². The Bertz CT molecular complexity index is 981. The highest BCUT2D eigenvalue weighted by Gasteiger charge is 2.21. The Labute approximate surface area is 160 Å². The Morgan fingerprint density at radius 1 is 1.11 bits per heavy atom. The van der Waals surface area contributed by atoms with E-state index in [4.69, 9.17) is 14.9 Å². The van der Waals surface area contributed by atoms with Crippen LogP contribution in [0.5, 0.6) is 0 Å². The summed E-state index contributed by atoms with van der Waals surface area (Å²) in [7, 11) is 0. The molecule has 1 fully saturated rings. The van der Waals surface area contributed by atoms with Crippen LogP contribution in [0, 0.1) is 5.82 Å². The van der Waals surface area contributed by atoms with Gasteiger partial charge in [0.15, 0.2) is 5.69 Å². The van der Waals surface area contributed by atoms with Gasteiger partial charge >= 0.3 is 0 Å². The molecule has 1 saturated heterocycles. The lowest BCUT2D eigenvalue weighted by Gasteiger charge is -2.28. The molecule has 2 aromatic carbocycles. The second-order valence-corrected chi connectivity index (χ2v) is 6.31. The monoisotopic (exact) mass is 382 g/mol. The minimum Gasteiger partial charge on any atom is -0.419 e. The smallest absolute Gasteiger partial charge is 0.273 e. The molecule has 7 nitrogen and oxygen atoms in total. The molecule has 0 atom stereocenters. The van der Waals surface area contributed by atoms with Crippen molar-refractivity contribution in [3.05, 3.63) is 60.0 Å². The number of halogens is 1. The zero-order chi connectivity index (χ0) is 19.5. The summed E-state index contributed by atoms with van der Waals surface area (Å²) in [6, 6.07) is 13.7. The minimum absolute atomic E-state index is 0.0145. The van der Waals surface area contributed by atoms with Crippen LogP contribution in [0.1, 0.15) is 10.5 Å². The van der Waals surface area contributed by atoms with E-state index in [1.165, 1.54) is 12.1 Å². The normalized spacial score (nSPS) is 14.1. The van der Waals surface area contributed by atoms with Crippen LogP contribution in [0.2, 0.25) is 0 Å². The molecule has 1 aliphatic heterocycles. The number of oxazole rings is 1. The predicted octanol–water partition coefficient (Wildman–Crippen LogP) is 3.16. The zero-order valence-electron chi connectivity index (χ0n) is 15.0. The summed E-state index contributed by atoms with van der Waals surface area (Å²) >= 11 is 0. The Morgan fingerprint density at radius 3 is 2.50 bits per heavy atom. The van der Waals surface area contributed by atoms with Gasteiger partial charge in [-0.2, -0.15) is 0 Å². The summed E-state index contributed by atoms with van der Waals surface area (Å²) < 4.78 is 25.0. The predicted molar refractivity (Wildman–Crippen MR) is 103 cm³/mol. The van der Waals surface area contributed by atoms with Crippen LogP contribution < -0.4 is 16.0 Å². The molecule has 0 spiro atoms. The molecule has 3 N–H and O–H groups in total. The van der Waals surface area contributed by atoms with Crippen LogP contribution >= 0.6 is 0 Å². The van der Waals surface area contributed by atoms with Crippen molar-refractivity contribution in [1.29, 1.82) is 0 Å². The van der Waals surface area contributed by atoms with E-state index in [0.717, 1.165) is 18.8 Å². The van der Waals surface area contributed by atoms with Gasteiger partial charge in [0.25, 0.3) is 5.91 Å². The topological polar surface area (TPSA) is 93.6 Å². The Balaban J connectivity index is 1.58. The molecule has 3 aromatic rings. The van der Waals surface area contributed by atoms with E-state index < -0.39 is 11.7 Å². The number of ether oxygens (including phenoxy) is 1. The van der Waals surface area contributed by atoms with Crippen LogP contribution in [-0.4, -0.2) is 37.2 Å². The van der Waals surface area contributed by atoms with Gasteiger partial charge in [-0.3, -0.25) is 4.79 Å². The Morgan fingerprint density at radius 2 is 1.82 bits per heavy atom. The third-order valence-electron chi connectivity index (χ3n) is 4.47. The lowest BCUT2D eigenvalue weighted by molar-refractivity contribution is 0.0996. The molecule has 0 unspecified atom stereocenters. The number of morpholine rings is 1. The highest BCUT2D eigenvalue weighted by Crippen LogP contribution is 2.30. The number of carbonyl (C=O) groups excluding carboxylic acids is 1. The molecule has 144 valence electrons. The van der Waals surface area contributed by atoms with Gasteiger partial charge in [0.1, 0.15) is 5.82 Å². The first kappa shape index (κ1) is 18.0. The fourth-order valence-corrected chi connectivity index (χ4v) is 3.03. The maximum absolute atomic E-state index is 14.0. The Kier molecular flexibility index (Phi) is 4.94. The SMILES string of the molecule is NC(=O)c1nc(-c2ccccc2F)oc1Nc1ccc(N2CCOCC2)cc1. The number of amides is 1. The lowest BCUT2D eigenvalue weighted by Crippen LogP contribution is -2.36. The molecular weight excluding hydrogens is 363 g/mol. The summed E-state index contributed by atoms with van der Waals surface area (Å²) in [5.74, 6) is -1.20. The lowest BCUT2D eigenvalue weighted by atomic mass is 10.2. The zero-order valence-corrected chi connectivity index (χ0v) is 15.0. The first-order valence-corrected chi connectivity index (χ1v) is 8.87. The van der Waals surface area contributed by atoms with E-state index in [-0.39, 0.29) is 23.0 Å². The Hall–Kier alpha value is -3.39. The van der Waals surface area contributed by atoms with Crippen molar-refractivity contribution < 1.29 is 18.3 Å². The number of benzene rings is 2. The van der Waals surface area contributed by atoms with E-state index >= 15 is 0 Å². The number of carbonyl (C=O) groups is 1. The summed E-state index contributed by atoms with van der Waals surface area (Å²) in [5, 5.41) is 3.00. The van der Waals surface area contributed by atoms with Gasteiger partial charge in [-0.1, -0.05) is 12.1 Å². The van der Waals surface area contributed by atoms with Crippen LogP contribution in [0.15, 0.2) is 52.9 Å². The molecule has 0 radical (unpaired) electrons. The molecule has 0 bridgehead atoms. The number of hydrogen-bond acceptors (Lipinski definition) is 6. The number of aromatic nitrogens is 1. The maximum atomic E-state index is 14.0. The first-order chi connectivity index (χ1) is 13.6. The van der Waals surface area contributed by atoms with Gasteiger partial charge < -0.3 is 25.1 Å². The highest BCUT2D eigenvalue weighted by molar-refractivity contribution is 5.96. The molecule has 4 rings (SSSR count). The molecule has 0 saturated carbocycles. The summed E-state index contributed by atoms with van der Waals surface area (Å²) in [5.41, 5.74) is 7.24.